The van der Waals surface area contributed by atoms with Crippen LogP contribution in [0.1, 0.15) is 32.2 Å². The molecule has 2 aromatic rings. The van der Waals surface area contributed by atoms with Crippen LogP contribution in [0.2, 0.25) is 0 Å². The van der Waals surface area contributed by atoms with E-state index in [2.05, 4.69) is 10.1 Å². The zero-order chi connectivity index (χ0) is 15.4. The van der Waals surface area contributed by atoms with Crippen molar-refractivity contribution in [1.29, 1.82) is 0 Å². The van der Waals surface area contributed by atoms with E-state index in [1.54, 1.807) is 6.07 Å². The Morgan fingerprint density at radius 3 is 2.86 bits per heavy atom. The van der Waals surface area contributed by atoms with Crippen LogP contribution in [0.5, 0.6) is 0 Å². The molecule has 0 fully saturated rings. The maximum atomic E-state index is 10.9. The predicted octanol–water partition coefficient (Wildman–Crippen LogP) is 2.71. The van der Waals surface area contributed by atoms with Gasteiger partial charge in [-0.2, -0.15) is 4.98 Å². The molecule has 8 heteroatoms. The van der Waals surface area contributed by atoms with Gasteiger partial charge >= 0.3 is 0 Å². The summed E-state index contributed by atoms with van der Waals surface area (Å²) in [5, 5.41) is 14.8. The van der Waals surface area contributed by atoms with E-state index in [-0.39, 0.29) is 23.4 Å². The van der Waals surface area contributed by atoms with Gasteiger partial charge in [0.05, 0.1) is 4.92 Å². The first-order valence-corrected chi connectivity index (χ1v) is 6.56. The third-order valence-corrected chi connectivity index (χ3v) is 2.94. The van der Waals surface area contributed by atoms with Gasteiger partial charge in [-0.05, 0) is 25.5 Å². The van der Waals surface area contributed by atoms with Gasteiger partial charge in [0, 0.05) is 18.2 Å². The van der Waals surface area contributed by atoms with Crippen molar-refractivity contribution in [2.75, 3.05) is 12.3 Å². The molecule has 2 rings (SSSR count). The smallest absolute Gasteiger partial charge is 0.292 e. The molecule has 8 nitrogen and oxygen atoms in total. The fourth-order valence-corrected chi connectivity index (χ4v) is 1.89. The summed E-state index contributed by atoms with van der Waals surface area (Å²) in [7, 11) is 0. The molecule has 0 aliphatic rings. The molecule has 0 bridgehead atoms. The van der Waals surface area contributed by atoms with Gasteiger partial charge in [0.25, 0.3) is 11.6 Å². The third-order valence-electron chi connectivity index (χ3n) is 2.94. The summed E-state index contributed by atoms with van der Waals surface area (Å²) in [4.78, 5) is 14.6. The van der Waals surface area contributed by atoms with E-state index in [9.17, 15) is 10.1 Å². The highest BCUT2D eigenvalue weighted by Gasteiger charge is 2.20. The number of hydrogen-bond acceptors (Lipinski definition) is 7. The van der Waals surface area contributed by atoms with Gasteiger partial charge in [-0.1, -0.05) is 12.1 Å². The summed E-state index contributed by atoms with van der Waals surface area (Å²) in [5.74, 6) is 0.625. The van der Waals surface area contributed by atoms with Crippen LogP contribution in [0.4, 0.5) is 11.4 Å². The van der Waals surface area contributed by atoms with Gasteiger partial charge < -0.3 is 15.0 Å². The number of nitrogens with two attached hydrogens (primary N) is 1. The number of aromatic nitrogens is 2. The minimum atomic E-state index is -0.550. The molecule has 0 aliphatic carbocycles. The van der Waals surface area contributed by atoms with Crippen molar-refractivity contribution in [3.8, 4) is 11.5 Å². The zero-order valence-corrected chi connectivity index (χ0v) is 11.8. The molecular weight excluding hydrogens is 276 g/mol. The molecule has 1 atom stereocenters. The van der Waals surface area contributed by atoms with Crippen molar-refractivity contribution >= 4 is 11.4 Å². The third kappa shape index (κ3) is 3.16. The molecule has 0 aliphatic heterocycles. The van der Waals surface area contributed by atoms with E-state index < -0.39 is 4.92 Å². The lowest BCUT2D eigenvalue weighted by Gasteiger charge is -2.09. The molecular formula is C13H16N4O4. The quantitative estimate of drug-likeness (QED) is 0.494. The largest absolute Gasteiger partial charge is 0.393 e. The first-order valence-electron chi connectivity index (χ1n) is 6.56. The summed E-state index contributed by atoms with van der Waals surface area (Å²) >= 11 is 0. The Morgan fingerprint density at radius 2 is 2.24 bits per heavy atom. The molecule has 1 heterocycles. The molecule has 112 valence electrons. The van der Waals surface area contributed by atoms with Crippen LogP contribution in [0.25, 0.3) is 11.5 Å². The highest BCUT2D eigenvalue weighted by atomic mass is 16.6. The molecule has 1 unspecified atom stereocenters. The summed E-state index contributed by atoms with van der Waals surface area (Å²) < 4.78 is 10.6. The molecule has 0 spiro atoms. The van der Waals surface area contributed by atoms with E-state index in [1.807, 2.05) is 13.8 Å². The fourth-order valence-electron chi connectivity index (χ4n) is 1.89. The topological polar surface area (TPSA) is 117 Å². The van der Waals surface area contributed by atoms with Gasteiger partial charge in [-0.15, -0.1) is 0 Å². The lowest BCUT2D eigenvalue weighted by Crippen LogP contribution is -2.04. The molecule has 21 heavy (non-hydrogen) atoms. The van der Waals surface area contributed by atoms with Crippen molar-refractivity contribution in [3.05, 3.63) is 34.1 Å². The van der Waals surface area contributed by atoms with Gasteiger partial charge in [0.2, 0.25) is 5.82 Å². The van der Waals surface area contributed by atoms with Gasteiger partial charge in [-0.3, -0.25) is 10.1 Å². The average molecular weight is 292 g/mol. The van der Waals surface area contributed by atoms with Crippen LogP contribution >= 0.6 is 0 Å². The van der Waals surface area contributed by atoms with Crippen LogP contribution in [0.3, 0.4) is 0 Å². The highest BCUT2D eigenvalue weighted by Crippen LogP contribution is 2.29. The number of nitro benzene ring substituents is 1. The van der Waals surface area contributed by atoms with E-state index in [0.717, 1.165) is 0 Å². The van der Waals surface area contributed by atoms with Crippen LogP contribution in [-0.2, 0) is 4.74 Å². The minimum Gasteiger partial charge on any atom is -0.393 e. The number of benzene rings is 1. The second-order valence-corrected chi connectivity index (χ2v) is 4.34. The SMILES string of the molecule is CCOC(CC)c1noc(-c2ccc(N)c([N+](=O)[O-])c2)n1. The zero-order valence-electron chi connectivity index (χ0n) is 11.8. The Bertz CT molecular complexity index is 641. The van der Waals surface area contributed by atoms with Crippen molar-refractivity contribution in [1.82, 2.24) is 10.1 Å². The van der Waals surface area contributed by atoms with E-state index in [4.69, 9.17) is 15.0 Å². The molecule has 0 saturated carbocycles. The molecule has 0 amide bonds. The normalized spacial score (nSPS) is 12.3. The van der Waals surface area contributed by atoms with Crippen molar-refractivity contribution < 1.29 is 14.2 Å². The molecule has 0 saturated heterocycles. The van der Waals surface area contributed by atoms with Gasteiger partial charge in [-0.25, -0.2) is 0 Å². The number of hydrogen-bond donors (Lipinski definition) is 1. The maximum absolute atomic E-state index is 10.9. The van der Waals surface area contributed by atoms with E-state index >= 15 is 0 Å². The number of nitrogens with zero attached hydrogens (tertiary/aromatic N) is 3. The second kappa shape index (κ2) is 6.31. The summed E-state index contributed by atoms with van der Waals surface area (Å²) in [6.07, 6.45) is 0.450. The lowest BCUT2D eigenvalue weighted by atomic mass is 10.1. The Kier molecular flexibility index (Phi) is 4.49. The minimum absolute atomic E-state index is 0.0873. The number of nitrogen functional groups attached to an aromatic ring is 1. The lowest BCUT2D eigenvalue weighted by molar-refractivity contribution is -0.383. The fraction of sp³-hybridized carbons (Fsp3) is 0.385. The highest BCUT2D eigenvalue weighted by molar-refractivity contribution is 5.67. The first-order chi connectivity index (χ1) is 10.1. The number of nitro groups is 1. The standard InChI is InChI=1S/C13H16N4O4/c1-3-11(20-4-2)12-15-13(21-16-12)8-5-6-9(14)10(7-8)17(18)19/h5-7,11H,3-4,14H2,1-2H3. The Balaban J connectivity index is 2.33. The van der Waals surface area contributed by atoms with Crippen LogP contribution in [-0.4, -0.2) is 21.7 Å². The van der Waals surface area contributed by atoms with Crippen LogP contribution < -0.4 is 5.73 Å². The summed E-state index contributed by atoms with van der Waals surface area (Å²) in [6, 6.07) is 4.35. The summed E-state index contributed by atoms with van der Waals surface area (Å²) in [5.41, 5.74) is 5.90. The number of ether oxygens (including phenoxy) is 1. The van der Waals surface area contributed by atoms with Crippen LogP contribution in [0, 0.1) is 10.1 Å². The average Bonchev–Trinajstić information content (AvgIpc) is 2.94. The van der Waals surface area contributed by atoms with E-state index in [0.29, 0.717) is 24.4 Å². The Labute approximate surface area is 121 Å². The van der Waals surface area contributed by atoms with Crippen LogP contribution in [0.15, 0.2) is 22.7 Å². The molecule has 0 radical (unpaired) electrons. The van der Waals surface area contributed by atoms with E-state index in [1.165, 1.54) is 12.1 Å². The van der Waals surface area contributed by atoms with Gasteiger partial charge in [0.1, 0.15) is 11.8 Å². The second-order valence-electron chi connectivity index (χ2n) is 4.34. The van der Waals surface area contributed by atoms with Crippen molar-refractivity contribution in [3.63, 3.8) is 0 Å². The first kappa shape index (κ1) is 14.9. The van der Waals surface area contributed by atoms with Crippen molar-refractivity contribution in [2.45, 2.75) is 26.4 Å². The number of rotatable bonds is 6. The monoisotopic (exact) mass is 292 g/mol. The Morgan fingerprint density at radius 1 is 1.48 bits per heavy atom. The van der Waals surface area contributed by atoms with Crippen molar-refractivity contribution in [2.24, 2.45) is 0 Å². The Hall–Kier alpha value is -2.48. The van der Waals surface area contributed by atoms with Gasteiger partial charge in [0.15, 0.2) is 0 Å². The maximum Gasteiger partial charge on any atom is 0.292 e. The molecule has 2 N–H and O–H groups in total. The predicted molar refractivity (Wildman–Crippen MR) is 75.5 cm³/mol. The molecule has 1 aromatic carbocycles. The number of anilines is 1. The molecule has 1 aromatic heterocycles. The summed E-state index contributed by atoms with van der Waals surface area (Å²) in [6.45, 7) is 4.37.